The van der Waals surface area contributed by atoms with Crippen LogP contribution in [-0.2, 0) is 11.3 Å². The van der Waals surface area contributed by atoms with E-state index in [-0.39, 0.29) is 24.1 Å². The van der Waals surface area contributed by atoms with E-state index in [4.69, 9.17) is 11.6 Å². The number of hydrogen-bond acceptors (Lipinski definition) is 3. The van der Waals surface area contributed by atoms with Crippen LogP contribution in [0.3, 0.4) is 0 Å². The summed E-state index contributed by atoms with van der Waals surface area (Å²) in [6.07, 6.45) is 3.23. The van der Waals surface area contributed by atoms with Crippen molar-refractivity contribution in [3.8, 4) is 11.3 Å². The molecule has 124 valence electrons. The molecule has 0 spiro atoms. The quantitative estimate of drug-likeness (QED) is 0.790. The third-order valence-electron chi connectivity index (χ3n) is 3.51. The molecule has 0 aliphatic rings. The maximum absolute atomic E-state index is 12.5. The summed E-state index contributed by atoms with van der Waals surface area (Å²) >= 11 is 5.89. The fourth-order valence-electron chi connectivity index (χ4n) is 2.43. The summed E-state index contributed by atoms with van der Waals surface area (Å²) in [5.74, 6) is -0.200. The first-order valence-electron chi connectivity index (χ1n) is 7.58. The zero-order valence-electron chi connectivity index (χ0n) is 13.4. The number of nitrogens with zero attached hydrogens (tertiary/aromatic N) is 3. The Hall–Kier alpha value is -2.60. The Morgan fingerprint density at radius 1 is 1.25 bits per heavy atom. The van der Waals surface area contributed by atoms with Gasteiger partial charge in [-0.05, 0) is 32.0 Å². The van der Waals surface area contributed by atoms with Crippen LogP contribution in [0.15, 0.2) is 47.5 Å². The van der Waals surface area contributed by atoms with Crippen molar-refractivity contribution in [3.05, 3.63) is 58.1 Å². The molecule has 7 heteroatoms. The van der Waals surface area contributed by atoms with E-state index in [0.717, 1.165) is 5.56 Å². The van der Waals surface area contributed by atoms with Crippen LogP contribution in [0.4, 0.5) is 0 Å². The number of nitrogens with one attached hydrogen (secondary N) is 1. The molecule has 3 rings (SSSR count). The topological polar surface area (TPSA) is 68.4 Å². The Labute approximate surface area is 143 Å². The van der Waals surface area contributed by atoms with E-state index in [1.54, 1.807) is 30.6 Å². The van der Waals surface area contributed by atoms with E-state index in [9.17, 15) is 9.59 Å². The molecule has 0 bridgehead atoms. The van der Waals surface area contributed by atoms with Gasteiger partial charge in [0.2, 0.25) is 5.91 Å². The fraction of sp³-hybridized carbons (Fsp3) is 0.235. The summed E-state index contributed by atoms with van der Waals surface area (Å²) in [5.41, 5.74) is 1.70. The van der Waals surface area contributed by atoms with Crippen LogP contribution in [0.25, 0.3) is 16.8 Å². The van der Waals surface area contributed by atoms with Gasteiger partial charge in [-0.3, -0.25) is 9.59 Å². The summed E-state index contributed by atoms with van der Waals surface area (Å²) < 4.78 is 2.89. The minimum absolute atomic E-state index is 0.0189. The predicted molar refractivity (Wildman–Crippen MR) is 93.2 cm³/mol. The number of carbonyl (C=O) groups is 1. The summed E-state index contributed by atoms with van der Waals surface area (Å²) in [7, 11) is 0. The molecule has 0 unspecified atom stereocenters. The molecule has 6 nitrogen and oxygen atoms in total. The van der Waals surface area contributed by atoms with E-state index in [2.05, 4.69) is 10.4 Å². The van der Waals surface area contributed by atoms with E-state index in [1.807, 2.05) is 26.0 Å². The molecule has 0 atom stereocenters. The van der Waals surface area contributed by atoms with Gasteiger partial charge in [-0.15, -0.1) is 0 Å². The number of hydrogen-bond donors (Lipinski definition) is 1. The first-order valence-corrected chi connectivity index (χ1v) is 7.96. The van der Waals surface area contributed by atoms with Crippen molar-refractivity contribution in [2.75, 3.05) is 0 Å². The number of fused-ring (bicyclic) bond motifs is 1. The smallest absolute Gasteiger partial charge is 0.277 e. The Bertz CT molecular complexity index is 941. The molecule has 0 saturated carbocycles. The van der Waals surface area contributed by atoms with E-state index >= 15 is 0 Å². The van der Waals surface area contributed by atoms with Gasteiger partial charge in [0.05, 0.1) is 5.69 Å². The molecule has 2 aromatic heterocycles. The molecular weight excluding hydrogens is 328 g/mol. The van der Waals surface area contributed by atoms with Crippen LogP contribution in [0, 0.1) is 0 Å². The van der Waals surface area contributed by atoms with Gasteiger partial charge in [-0.25, -0.2) is 4.52 Å². The molecule has 0 aliphatic carbocycles. The molecule has 1 aromatic carbocycles. The first-order chi connectivity index (χ1) is 11.4. The average molecular weight is 345 g/mol. The lowest BCUT2D eigenvalue weighted by atomic mass is 10.1. The number of aromatic nitrogens is 3. The normalized spacial score (nSPS) is 11.2. The molecule has 0 saturated heterocycles. The van der Waals surface area contributed by atoms with Gasteiger partial charge in [0.1, 0.15) is 12.1 Å². The van der Waals surface area contributed by atoms with Crippen LogP contribution < -0.4 is 10.9 Å². The van der Waals surface area contributed by atoms with Gasteiger partial charge in [-0.1, -0.05) is 23.7 Å². The van der Waals surface area contributed by atoms with Crippen LogP contribution in [-0.4, -0.2) is 26.1 Å². The fourth-order valence-corrected chi connectivity index (χ4v) is 2.56. The Morgan fingerprint density at radius 2 is 1.96 bits per heavy atom. The Balaban J connectivity index is 1.96. The van der Waals surface area contributed by atoms with Crippen molar-refractivity contribution in [1.29, 1.82) is 0 Å². The SMILES string of the molecule is CC(C)NC(=O)Cn1ccn2nc(-c3ccc(Cl)cc3)cc2c1=O. The molecule has 2 heterocycles. The maximum atomic E-state index is 12.5. The lowest BCUT2D eigenvalue weighted by Crippen LogP contribution is -2.36. The number of benzene rings is 1. The van der Waals surface area contributed by atoms with Gasteiger partial charge < -0.3 is 9.88 Å². The molecule has 1 amide bonds. The highest BCUT2D eigenvalue weighted by Crippen LogP contribution is 2.20. The summed E-state index contributed by atoms with van der Waals surface area (Å²) in [6, 6.07) is 8.98. The van der Waals surface area contributed by atoms with Crippen LogP contribution >= 0.6 is 11.6 Å². The first kappa shape index (κ1) is 16.3. The Kier molecular flexibility index (Phi) is 4.40. The number of rotatable bonds is 4. The molecule has 1 N–H and O–H groups in total. The third-order valence-corrected chi connectivity index (χ3v) is 3.76. The highest BCUT2D eigenvalue weighted by atomic mass is 35.5. The minimum atomic E-state index is -0.260. The van der Waals surface area contributed by atoms with Crippen molar-refractivity contribution in [2.24, 2.45) is 0 Å². The molecule has 24 heavy (non-hydrogen) atoms. The highest BCUT2D eigenvalue weighted by Gasteiger charge is 2.11. The third kappa shape index (κ3) is 3.33. The zero-order valence-corrected chi connectivity index (χ0v) is 14.1. The second kappa shape index (κ2) is 6.49. The van der Waals surface area contributed by atoms with Crippen LogP contribution in [0.1, 0.15) is 13.8 Å². The highest BCUT2D eigenvalue weighted by molar-refractivity contribution is 6.30. The van der Waals surface area contributed by atoms with Crippen LogP contribution in [0.2, 0.25) is 5.02 Å². The van der Waals surface area contributed by atoms with Crippen molar-refractivity contribution < 1.29 is 4.79 Å². The largest absolute Gasteiger partial charge is 0.352 e. The van der Waals surface area contributed by atoms with Crippen molar-refractivity contribution in [3.63, 3.8) is 0 Å². The predicted octanol–water partition coefficient (Wildman–Crippen LogP) is 2.34. The molecule has 0 fully saturated rings. The number of halogens is 1. The molecular formula is C17H17ClN4O2. The van der Waals surface area contributed by atoms with Gasteiger partial charge in [0.15, 0.2) is 0 Å². The summed E-state index contributed by atoms with van der Waals surface area (Å²) in [6.45, 7) is 3.73. The average Bonchev–Trinajstić information content (AvgIpc) is 2.95. The standard InChI is InChI=1S/C17H17ClN4O2/c1-11(2)19-16(23)10-21-7-8-22-15(17(21)24)9-14(20-22)12-3-5-13(18)6-4-12/h3-9,11H,10H2,1-2H3,(H,19,23). The Morgan fingerprint density at radius 3 is 2.62 bits per heavy atom. The van der Waals surface area contributed by atoms with Crippen LogP contribution in [0.5, 0.6) is 0 Å². The second-order valence-electron chi connectivity index (χ2n) is 5.82. The number of carbonyl (C=O) groups excluding carboxylic acids is 1. The molecule has 3 aromatic rings. The van der Waals surface area contributed by atoms with Crippen molar-refractivity contribution >= 4 is 23.0 Å². The minimum Gasteiger partial charge on any atom is -0.352 e. The molecule has 0 aliphatic heterocycles. The molecule has 0 radical (unpaired) electrons. The lowest BCUT2D eigenvalue weighted by molar-refractivity contribution is -0.122. The van der Waals surface area contributed by atoms with E-state index in [1.165, 1.54) is 9.08 Å². The van der Waals surface area contributed by atoms with Crippen molar-refractivity contribution in [1.82, 2.24) is 19.5 Å². The monoisotopic (exact) mass is 344 g/mol. The van der Waals surface area contributed by atoms with E-state index in [0.29, 0.717) is 16.2 Å². The van der Waals surface area contributed by atoms with Gasteiger partial charge >= 0.3 is 0 Å². The maximum Gasteiger partial charge on any atom is 0.277 e. The van der Waals surface area contributed by atoms with Gasteiger partial charge in [0, 0.05) is 29.0 Å². The summed E-state index contributed by atoms with van der Waals surface area (Å²) in [4.78, 5) is 24.4. The van der Waals surface area contributed by atoms with Gasteiger partial charge in [-0.2, -0.15) is 5.10 Å². The summed E-state index contributed by atoms with van der Waals surface area (Å²) in [5, 5.41) is 7.81. The lowest BCUT2D eigenvalue weighted by Gasteiger charge is -2.09. The van der Waals surface area contributed by atoms with Crippen molar-refractivity contribution in [2.45, 2.75) is 26.4 Å². The second-order valence-corrected chi connectivity index (χ2v) is 6.26. The van der Waals surface area contributed by atoms with E-state index < -0.39 is 0 Å². The zero-order chi connectivity index (χ0) is 17.3. The van der Waals surface area contributed by atoms with Gasteiger partial charge in [0.25, 0.3) is 5.56 Å². The number of amides is 1.